The van der Waals surface area contributed by atoms with Crippen LogP contribution in [-0.4, -0.2) is 51.0 Å². The lowest BCUT2D eigenvalue weighted by molar-refractivity contribution is -0.112. The molecule has 1 saturated carbocycles. The summed E-state index contributed by atoms with van der Waals surface area (Å²) >= 11 is 5.97. The van der Waals surface area contributed by atoms with Crippen molar-refractivity contribution in [2.45, 2.75) is 39.7 Å². The highest BCUT2D eigenvalue weighted by Gasteiger charge is 2.43. The van der Waals surface area contributed by atoms with Gasteiger partial charge in [0.25, 0.3) is 0 Å². The molecule has 0 N–H and O–H groups in total. The zero-order valence-corrected chi connectivity index (χ0v) is 21.3. The predicted molar refractivity (Wildman–Crippen MR) is 133 cm³/mol. The van der Waals surface area contributed by atoms with E-state index >= 15 is 0 Å². The average Bonchev–Trinajstić information content (AvgIpc) is 3.29. The van der Waals surface area contributed by atoms with E-state index < -0.39 is 5.82 Å². The first kappa shape index (κ1) is 23.6. The van der Waals surface area contributed by atoms with Gasteiger partial charge in [-0.15, -0.1) is 0 Å². The number of anilines is 1. The Kier molecular flexibility index (Phi) is 6.08. The maximum absolute atomic E-state index is 13.6. The first-order valence-corrected chi connectivity index (χ1v) is 12.9. The minimum absolute atomic E-state index is 0.0104. The summed E-state index contributed by atoms with van der Waals surface area (Å²) in [4.78, 5) is 16.0. The third-order valence-electron chi connectivity index (χ3n) is 7.78. The average molecular weight is 513 g/mol. The number of piperidine rings is 1. The maximum atomic E-state index is 13.6. The fourth-order valence-corrected chi connectivity index (χ4v) is 6.04. The smallest absolute Gasteiger partial charge is 0.320 e. The molecule has 2 saturated heterocycles. The third-order valence-corrected chi connectivity index (χ3v) is 8.06. The van der Waals surface area contributed by atoms with Gasteiger partial charge in [0.1, 0.15) is 23.7 Å². The number of hydrogen-bond donors (Lipinski definition) is 0. The molecule has 3 aliphatic rings. The van der Waals surface area contributed by atoms with Crippen molar-refractivity contribution in [3.8, 4) is 11.8 Å². The van der Waals surface area contributed by atoms with Crippen LogP contribution in [0, 0.1) is 35.9 Å². The number of hydrogen-bond acceptors (Lipinski definition) is 7. The van der Waals surface area contributed by atoms with Crippen LogP contribution in [0.2, 0.25) is 5.02 Å². The van der Waals surface area contributed by atoms with Crippen molar-refractivity contribution in [2.24, 2.45) is 23.2 Å². The number of fused-ring (bicyclic) bond motifs is 2. The Hall–Kier alpha value is -2.78. The Morgan fingerprint density at radius 2 is 1.94 bits per heavy atom. The van der Waals surface area contributed by atoms with E-state index in [9.17, 15) is 4.39 Å². The highest BCUT2D eigenvalue weighted by atomic mass is 35.5. The van der Waals surface area contributed by atoms with Crippen LogP contribution in [0.5, 0.6) is 11.8 Å². The van der Waals surface area contributed by atoms with E-state index in [1.165, 1.54) is 25.0 Å². The zero-order valence-electron chi connectivity index (χ0n) is 20.5. The molecule has 2 bridgehead atoms. The van der Waals surface area contributed by atoms with Crippen LogP contribution < -0.4 is 9.64 Å². The van der Waals surface area contributed by atoms with Crippen molar-refractivity contribution < 1.29 is 13.9 Å². The molecule has 3 fully saturated rings. The van der Waals surface area contributed by atoms with Gasteiger partial charge in [0.05, 0.1) is 24.8 Å². The van der Waals surface area contributed by atoms with Gasteiger partial charge in [-0.1, -0.05) is 18.5 Å². The molecule has 0 amide bonds. The van der Waals surface area contributed by atoms with Gasteiger partial charge < -0.3 is 14.4 Å². The van der Waals surface area contributed by atoms with Crippen LogP contribution in [0.15, 0.2) is 30.6 Å². The van der Waals surface area contributed by atoms with Gasteiger partial charge in [-0.05, 0) is 49.7 Å². The monoisotopic (exact) mass is 512 g/mol. The molecule has 8 nitrogen and oxygen atoms in total. The fraction of sp³-hybridized carbons (Fsp3) is 0.538. The van der Waals surface area contributed by atoms with Gasteiger partial charge >= 0.3 is 6.01 Å². The molecule has 0 radical (unpaired) electrons. The summed E-state index contributed by atoms with van der Waals surface area (Å²) in [5.74, 6) is 3.43. The van der Waals surface area contributed by atoms with Crippen LogP contribution in [0.4, 0.5) is 10.2 Å². The number of benzene rings is 1. The number of ether oxygens (including phenoxy) is 2. The van der Waals surface area contributed by atoms with Crippen LogP contribution >= 0.6 is 11.6 Å². The van der Waals surface area contributed by atoms with Gasteiger partial charge in [-0.2, -0.15) is 10.1 Å². The van der Waals surface area contributed by atoms with Crippen molar-refractivity contribution in [1.82, 2.24) is 24.7 Å². The van der Waals surface area contributed by atoms with Crippen LogP contribution in [0.1, 0.15) is 31.3 Å². The summed E-state index contributed by atoms with van der Waals surface area (Å²) < 4.78 is 27.0. The van der Waals surface area contributed by atoms with Gasteiger partial charge in [-0.3, -0.25) is 0 Å². The minimum Gasteiger partial charge on any atom is -0.424 e. The van der Waals surface area contributed by atoms with E-state index in [2.05, 4.69) is 27.9 Å². The Morgan fingerprint density at radius 1 is 1.17 bits per heavy atom. The fourth-order valence-electron chi connectivity index (χ4n) is 5.87. The molecule has 6 rings (SSSR count). The third kappa shape index (κ3) is 4.66. The molecule has 2 aromatic heterocycles. The van der Waals surface area contributed by atoms with Crippen molar-refractivity contribution in [1.29, 1.82) is 0 Å². The molecule has 0 spiro atoms. The molecule has 2 aliphatic heterocycles. The van der Waals surface area contributed by atoms with Gasteiger partial charge in [0.15, 0.2) is 5.82 Å². The van der Waals surface area contributed by atoms with E-state index in [1.54, 1.807) is 12.4 Å². The second-order valence-corrected chi connectivity index (χ2v) is 11.2. The standard InChI is InChI=1S/C26H30ClFN6O2/c1-16-7-24(30-15-29-16)33-10-17-3-4-18(11-33)20(17)9-23-31-25(34(32-23)12-26(2)13-35-14-26)36-19-5-6-22(28)21(27)8-19/h5-8,15,17-18,20H,3-4,9-14H2,1-2H3/t17-,18+,20?. The lowest BCUT2D eigenvalue weighted by Crippen LogP contribution is -2.43. The highest BCUT2D eigenvalue weighted by molar-refractivity contribution is 6.30. The van der Waals surface area contributed by atoms with Gasteiger partial charge in [0.2, 0.25) is 0 Å². The van der Waals surface area contributed by atoms with Crippen molar-refractivity contribution in [3.63, 3.8) is 0 Å². The van der Waals surface area contributed by atoms with E-state index in [0.717, 1.165) is 36.8 Å². The lowest BCUT2D eigenvalue weighted by Gasteiger charge is -2.38. The van der Waals surface area contributed by atoms with Crippen molar-refractivity contribution in [3.05, 3.63) is 53.0 Å². The summed E-state index contributed by atoms with van der Waals surface area (Å²) in [6.07, 6.45) is 4.89. The van der Waals surface area contributed by atoms with Crippen molar-refractivity contribution in [2.75, 3.05) is 31.2 Å². The Labute approximate surface area is 214 Å². The summed E-state index contributed by atoms with van der Waals surface area (Å²) in [6, 6.07) is 6.79. The molecular weight excluding hydrogens is 483 g/mol. The number of rotatable bonds is 7. The van der Waals surface area contributed by atoms with Gasteiger partial charge in [0, 0.05) is 42.8 Å². The molecule has 190 valence electrons. The highest BCUT2D eigenvalue weighted by Crippen LogP contribution is 2.44. The first-order valence-electron chi connectivity index (χ1n) is 12.5. The minimum atomic E-state index is -0.482. The van der Waals surface area contributed by atoms with E-state index in [4.69, 9.17) is 31.2 Å². The SMILES string of the molecule is Cc1cc(N2C[C@H]3CC[C@@H](C2)C3Cc2nc(Oc3ccc(F)c(Cl)c3)n(CC3(C)COC3)n2)ncn1. The molecule has 1 aliphatic carbocycles. The zero-order chi connectivity index (χ0) is 24.9. The van der Waals surface area contributed by atoms with E-state index in [-0.39, 0.29) is 10.4 Å². The molecule has 36 heavy (non-hydrogen) atoms. The number of nitrogens with zero attached hydrogens (tertiary/aromatic N) is 6. The number of aryl methyl sites for hydroxylation is 1. The van der Waals surface area contributed by atoms with Gasteiger partial charge in [-0.25, -0.2) is 19.0 Å². The molecule has 1 unspecified atom stereocenters. The first-order chi connectivity index (χ1) is 17.3. The number of halogens is 2. The predicted octanol–water partition coefficient (Wildman–Crippen LogP) is 4.70. The topological polar surface area (TPSA) is 78.2 Å². The largest absolute Gasteiger partial charge is 0.424 e. The summed E-state index contributed by atoms with van der Waals surface area (Å²) in [7, 11) is 0. The van der Waals surface area contributed by atoms with E-state index in [1.807, 2.05) is 11.6 Å². The molecule has 3 atom stereocenters. The molecule has 4 heterocycles. The summed E-state index contributed by atoms with van der Waals surface area (Å²) in [6.45, 7) is 8.15. The quantitative estimate of drug-likeness (QED) is 0.454. The second-order valence-electron chi connectivity index (χ2n) is 10.8. The van der Waals surface area contributed by atoms with Crippen LogP contribution in [0.3, 0.4) is 0 Å². The molecule has 10 heteroatoms. The Balaban J connectivity index is 1.21. The van der Waals surface area contributed by atoms with Crippen molar-refractivity contribution >= 4 is 17.4 Å². The Bertz CT molecular complexity index is 1250. The normalized spacial score (nSPS) is 24.6. The van der Waals surface area contributed by atoms with Crippen LogP contribution in [-0.2, 0) is 17.7 Å². The molecular formula is C26H30ClFN6O2. The second kappa shape index (κ2) is 9.27. The molecule has 1 aromatic carbocycles. The van der Waals surface area contributed by atoms with E-state index in [0.29, 0.717) is 49.3 Å². The Morgan fingerprint density at radius 3 is 2.61 bits per heavy atom. The number of aromatic nitrogens is 5. The lowest BCUT2D eigenvalue weighted by atomic mass is 9.82. The summed E-state index contributed by atoms with van der Waals surface area (Å²) in [5, 5.41) is 4.89. The summed E-state index contributed by atoms with van der Waals surface area (Å²) in [5.41, 5.74) is 0.980. The maximum Gasteiger partial charge on any atom is 0.320 e. The molecule has 3 aromatic rings. The van der Waals surface area contributed by atoms with Crippen LogP contribution in [0.25, 0.3) is 0 Å².